The average molecular weight is 411 g/mol. The maximum absolute atomic E-state index is 13.7. The van der Waals surface area contributed by atoms with Crippen LogP contribution in [0.15, 0.2) is 60.8 Å². The normalized spacial score (nSPS) is 10.5. The highest BCUT2D eigenvalue weighted by atomic mass is 19.1. The minimum Gasteiger partial charge on any atom is -0.489 e. The van der Waals surface area contributed by atoms with E-state index in [0.29, 0.717) is 12.2 Å². The third-order valence-electron chi connectivity index (χ3n) is 4.27. The number of carbonyl (C=O) groups is 2. The largest absolute Gasteiger partial charge is 0.489 e. The second-order valence-corrected chi connectivity index (χ2v) is 6.45. The molecule has 3 aromatic rings. The zero-order chi connectivity index (χ0) is 21.5. The molecule has 1 heterocycles. The molecule has 0 atom stereocenters. The summed E-state index contributed by atoms with van der Waals surface area (Å²) in [4.78, 5) is 27.1. The SMILES string of the molecule is NC(=O)c1cc(COc2cccc(CCNC(=O)c3c(F)cccc3F)c2)ccn1. The lowest BCUT2D eigenvalue weighted by atomic mass is 10.1. The Bertz CT molecular complexity index is 1050. The number of nitrogens with one attached hydrogen (secondary N) is 1. The van der Waals surface area contributed by atoms with Crippen LogP contribution in [0.2, 0.25) is 0 Å². The highest BCUT2D eigenvalue weighted by molar-refractivity contribution is 5.94. The van der Waals surface area contributed by atoms with Crippen LogP contribution in [0.3, 0.4) is 0 Å². The number of rotatable bonds is 8. The van der Waals surface area contributed by atoms with Gasteiger partial charge in [-0.15, -0.1) is 0 Å². The van der Waals surface area contributed by atoms with Crippen LogP contribution in [0.1, 0.15) is 32.0 Å². The van der Waals surface area contributed by atoms with Crippen molar-refractivity contribution in [1.29, 1.82) is 0 Å². The van der Waals surface area contributed by atoms with Gasteiger partial charge in [0.15, 0.2) is 0 Å². The van der Waals surface area contributed by atoms with Crippen molar-refractivity contribution in [1.82, 2.24) is 10.3 Å². The van der Waals surface area contributed by atoms with E-state index in [4.69, 9.17) is 10.5 Å². The molecule has 2 amide bonds. The van der Waals surface area contributed by atoms with Crippen molar-refractivity contribution in [2.75, 3.05) is 6.54 Å². The molecule has 0 radical (unpaired) electrons. The Morgan fingerprint density at radius 1 is 1.00 bits per heavy atom. The van der Waals surface area contributed by atoms with Crippen LogP contribution in [0.4, 0.5) is 8.78 Å². The third kappa shape index (κ3) is 5.38. The lowest BCUT2D eigenvalue weighted by Gasteiger charge is -2.10. The number of halogens is 2. The second kappa shape index (κ2) is 9.60. The Labute approximate surface area is 171 Å². The van der Waals surface area contributed by atoms with Crippen molar-refractivity contribution in [3.05, 3.63) is 94.8 Å². The van der Waals surface area contributed by atoms with Gasteiger partial charge in [0.2, 0.25) is 0 Å². The van der Waals surface area contributed by atoms with Gasteiger partial charge in [-0.25, -0.2) is 8.78 Å². The summed E-state index contributed by atoms with van der Waals surface area (Å²) in [5.41, 5.74) is 6.39. The minimum atomic E-state index is -0.904. The van der Waals surface area contributed by atoms with Gasteiger partial charge in [0.1, 0.15) is 35.2 Å². The van der Waals surface area contributed by atoms with E-state index in [1.54, 1.807) is 30.3 Å². The first-order valence-electron chi connectivity index (χ1n) is 9.12. The number of amides is 2. The number of hydrogen-bond acceptors (Lipinski definition) is 4. The van der Waals surface area contributed by atoms with Gasteiger partial charge < -0.3 is 15.8 Å². The van der Waals surface area contributed by atoms with Crippen LogP contribution in [-0.4, -0.2) is 23.3 Å². The first-order valence-corrected chi connectivity index (χ1v) is 9.12. The molecule has 0 spiro atoms. The van der Waals surface area contributed by atoms with Gasteiger partial charge in [0, 0.05) is 12.7 Å². The molecule has 1 aromatic heterocycles. The molecular formula is C22H19F2N3O3. The van der Waals surface area contributed by atoms with Crippen molar-refractivity contribution in [3.63, 3.8) is 0 Å². The van der Waals surface area contributed by atoms with Gasteiger partial charge in [-0.2, -0.15) is 0 Å². The molecule has 0 fully saturated rings. The fourth-order valence-corrected chi connectivity index (χ4v) is 2.78. The van der Waals surface area contributed by atoms with Gasteiger partial charge in [-0.3, -0.25) is 14.6 Å². The lowest BCUT2D eigenvalue weighted by molar-refractivity contribution is 0.0944. The van der Waals surface area contributed by atoms with Gasteiger partial charge in [0.05, 0.1) is 0 Å². The molecule has 0 aliphatic carbocycles. The first kappa shape index (κ1) is 20.9. The van der Waals surface area contributed by atoms with E-state index in [0.717, 1.165) is 23.3 Å². The summed E-state index contributed by atoms with van der Waals surface area (Å²) in [6.45, 7) is 0.415. The first-order chi connectivity index (χ1) is 14.4. The van der Waals surface area contributed by atoms with Crippen molar-refractivity contribution in [3.8, 4) is 5.75 Å². The molecule has 6 nitrogen and oxygen atoms in total. The standard InChI is InChI=1S/C22H19F2N3O3/c23-17-5-2-6-18(24)20(17)22(29)27-10-7-14-3-1-4-16(11-14)30-13-15-8-9-26-19(12-15)21(25)28/h1-6,8-9,11-12H,7,10,13H2,(H2,25,28)(H,27,29). The van der Waals surface area contributed by atoms with Crippen LogP contribution in [0.5, 0.6) is 5.75 Å². The number of aromatic nitrogens is 1. The summed E-state index contributed by atoms with van der Waals surface area (Å²) in [6.07, 6.45) is 1.93. The Hall–Kier alpha value is -3.81. The molecule has 8 heteroatoms. The topological polar surface area (TPSA) is 94.3 Å². The van der Waals surface area contributed by atoms with Crippen LogP contribution in [-0.2, 0) is 13.0 Å². The van der Waals surface area contributed by atoms with Crippen molar-refractivity contribution in [2.45, 2.75) is 13.0 Å². The summed E-state index contributed by atoms with van der Waals surface area (Å²) in [6, 6.07) is 13.8. The van der Waals surface area contributed by atoms with E-state index in [9.17, 15) is 18.4 Å². The molecule has 0 aliphatic heterocycles. The van der Waals surface area contributed by atoms with Gasteiger partial charge in [-0.1, -0.05) is 18.2 Å². The van der Waals surface area contributed by atoms with Crippen molar-refractivity contribution < 1.29 is 23.1 Å². The van der Waals surface area contributed by atoms with Gasteiger partial charge in [0.25, 0.3) is 11.8 Å². The number of hydrogen-bond donors (Lipinski definition) is 2. The molecule has 154 valence electrons. The number of ether oxygens (including phenoxy) is 1. The molecule has 0 bridgehead atoms. The molecule has 3 rings (SSSR count). The predicted molar refractivity (Wildman–Crippen MR) is 106 cm³/mol. The highest BCUT2D eigenvalue weighted by Gasteiger charge is 2.16. The van der Waals surface area contributed by atoms with Gasteiger partial charge in [-0.05, 0) is 53.9 Å². The van der Waals surface area contributed by atoms with E-state index >= 15 is 0 Å². The second-order valence-electron chi connectivity index (χ2n) is 6.45. The van der Waals surface area contributed by atoms with Crippen LogP contribution < -0.4 is 15.8 Å². The van der Waals surface area contributed by atoms with Crippen LogP contribution in [0, 0.1) is 11.6 Å². The fourth-order valence-electron chi connectivity index (χ4n) is 2.78. The lowest BCUT2D eigenvalue weighted by Crippen LogP contribution is -2.27. The molecule has 0 unspecified atom stereocenters. The van der Waals surface area contributed by atoms with Gasteiger partial charge >= 0.3 is 0 Å². The average Bonchev–Trinajstić information content (AvgIpc) is 2.73. The summed E-state index contributed by atoms with van der Waals surface area (Å²) < 4.78 is 33.0. The van der Waals surface area contributed by atoms with Crippen LogP contribution in [0.25, 0.3) is 0 Å². The number of nitrogens with two attached hydrogens (primary N) is 1. The van der Waals surface area contributed by atoms with E-state index in [2.05, 4.69) is 10.3 Å². The summed E-state index contributed by atoms with van der Waals surface area (Å²) >= 11 is 0. The summed E-state index contributed by atoms with van der Waals surface area (Å²) in [7, 11) is 0. The van der Waals surface area contributed by atoms with E-state index in [1.807, 2.05) is 6.07 Å². The number of nitrogens with zero attached hydrogens (tertiary/aromatic N) is 1. The Morgan fingerprint density at radius 3 is 2.47 bits per heavy atom. The number of benzene rings is 2. The highest BCUT2D eigenvalue weighted by Crippen LogP contribution is 2.16. The smallest absolute Gasteiger partial charge is 0.267 e. The minimum absolute atomic E-state index is 0.159. The molecule has 0 aliphatic rings. The Kier molecular flexibility index (Phi) is 6.69. The molecule has 0 saturated carbocycles. The van der Waals surface area contributed by atoms with E-state index in [1.165, 1.54) is 12.3 Å². The molecule has 30 heavy (non-hydrogen) atoms. The number of primary amides is 1. The summed E-state index contributed by atoms with van der Waals surface area (Å²) in [5.74, 6) is -2.63. The molecule has 0 saturated heterocycles. The zero-order valence-electron chi connectivity index (χ0n) is 15.9. The molecular weight excluding hydrogens is 392 g/mol. The quantitative estimate of drug-likeness (QED) is 0.596. The Morgan fingerprint density at radius 2 is 1.73 bits per heavy atom. The molecule has 3 N–H and O–H groups in total. The third-order valence-corrected chi connectivity index (χ3v) is 4.27. The maximum atomic E-state index is 13.7. The number of carbonyl (C=O) groups excluding carboxylic acids is 2. The van der Waals surface area contributed by atoms with Crippen molar-refractivity contribution >= 4 is 11.8 Å². The van der Waals surface area contributed by atoms with Crippen molar-refractivity contribution in [2.24, 2.45) is 5.73 Å². The van der Waals surface area contributed by atoms with E-state index < -0.39 is 29.0 Å². The number of pyridine rings is 1. The van der Waals surface area contributed by atoms with Crippen LogP contribution >= 0.6 is 0 Å². The monoisotopic (exact) mass is 411 g/mol. The maximum Gasteiger partial charge on any atom is 0.267 e. The predicted octanol–water partition coefficient (Wildman–Crippen LogP) is 3.01. The zero-order valence-corrected chi connectivity index (χ0v) is 15.9. The fraction of sp³-hybridized carbons (Fsp3) is 0.136. The van der Waals surface area contributed by atoms with E-state index in [-0.39, 0.29) is 18.8 Å². The summed E-state index contributed by atoms with van der Waals surface area (Å²) in [5, 5.41) is 2.51. The Balaban J connectivity index is 1.55. The molecule has 2 aromatic carbocycles.